The fraction of sp³-hybridized carbons (Fsp3) is 0.571. The summed E-state index contributed by atoms with van der Waals surface area (Å²) in [6.45, 7) is 11.6. The summed E-state index contributed by atoms with van der Waals surface area (Å²) < 4.78 is 25.6. The van der Waals surface area contributed by atoms with E-state index >= 15 is 0 Å². The van der Waals surface area contributed by atoms with Crippen molar-refractivity contribution in [2.24, 2.45) is 0 Å². The molecule has 180 valence electrons. The Hall–Kier alpha value is -2.11. The number of likely N-dealkylation sites (tertiary alicyclic amines) is 2. The maximum Gasteiger partial charge on any atom is 0.122 e. The Morgan fingerprint density at radius 3 is 1.85 bits per heavy atom. The minimum atomic E-state index is -0.655. The Labute approximate surface area is 198 Å². The Kier molecular flexibility index (Phi) is 8.63. The molecule has 4 nitrogen and oxygen atoms in total. The average Bonchev–Trinajstić information content (AvgIpc) is 3.48. The van der Waals surface area contributed by atoms with E-state index in [4.69, 9.17) is 9.47 Å². The Bertz CT molecular complexity index is 897. The van der Waals surface area contributed by atoms with Crippen LogP contribution in [0.4, 0.5) is 4.39 Å². The van der Waals surface area contributed by atoms with Crippen LogP contribution < -0.4 is 9.47 Å². The van der Waals surface area contributed by atoms with Crippen molar-refractivity contribution in [3.05, 3.63) is 47.5 Å². The summed E-state index contributed by atoms with van der Waals surface area (Å²) in [6.07, 6.45) is 4.66. The van der Waals surface area contributed by atoms with Crippen LogP contribution in [0.15, 0.2) is 36.4 Å². The van der Waals surface area contributed by atoms with Crippen molar-refractivity contribution in [2.75, 3.05) is 52.5 Å². The van der Waals surface area contributed by atoms with Crippen LogP contribution in [-0.4, -0.2) is 68.5 Å². The molecule has 2 fully saturated rings. The Morgan fingerprint density at radius 2 is 1.33 bits per heavy atom. The summed E-state index contributed by atoms with van der Waals surface area (Å²) in [6, 6.07) is 12.6. The number of nitrogens with zero attached hydrogens (tertiary/aromatic N) is 2. The summed E-state index contributed by atoms with van der Waals surface area (Å²) in [5, 5.41) is 0. The van der Waals surface area contributed by atoms with Crippen LogP contribution in [0.1, 0.15) is 43.2 Å². The van der Waals surface area contributed by atoms with Crippen LogP contribution in [0.2, 0.25) is 0 Å². The molecular weight excluding hydrogens is 415 g/mol. The summed E-state index contributed by atoms with van der Waals surface area (Å²) in [4.78, 5) is 4.72. The zero-order valence-electron chi connectivity index (χ0n) is 20.3. The lowest BCUT2D eigenvalue weighted by molar-refractivity contribution is 0.248. The Balaban J connectivity index is 1.33. The fourth-order valence-corrected chi connectivity index (χ4v) is 5.06. The number of rotatable bonds is 11. The molecule has 2 heterocycles. The lowest BCUT2D eigenvalue weighted by Crippen LogP contribution is -2.23. The van der Waals surface area contributed by atoms with Crippen LogP contribution in [0.3, 0.4) is 0 Å². The third-order valence-electron chi connectivity index (χ3n) is 7.02. The van der Waals surface area contributed by atoms with Crippen LogP contribution in [0.25, 0.3) is 11.1 Å². The van der Waals surface area contributed by atoms with Gasteiger partial charge in [0.05, 0.1) is 13.2 Å². The van der Waals surface area contributed by atoms with Crippen LogP contribution in [-0.2, 0) is 0 Å². The molecule has 5 heteroatoms. The van der Waals surface area contributed by atoms with Crippen molar-refractivity contribution < 1.29 is 13.9 Å². The van der Waals surface area contributed by atoms with Gasteiger partial charge in [-0.15, -0.1) is 0 Å². The van der Waals surface area contributed by atoms with Crippen LogP contribution in [0, 0.1) is 13.8 Å². The number of hydrogen-bond donors (Lipinski definition) is 0. The summed E-state index contributed by atoms with van der Waals surface area (Å²) in [7, 11) is 0. The molecular formula is C28H39FN2O2. The van der Waals surface area contributed by atoms with E-state index in [1.807, 2.05) is 6.07 Å². The van der Waals surface area contributed by atoms with Crippen LogP contribution in [0.5, 0.6) is 11.5 Å². The highest BCUT2D eigenvalue weighted by atomic mass is 19.1. The predicted molar refractivity (Wildman–Crippen MR) is 133 cm³/mol. The SMILES string of the molecule is Cc1c(OCCCN2CCCC2)cccc1-c1cccc(OCCCN2CC[C@@H](F)C2)c1C. The van der Waals surface area contributed by atoms with Crippen LogP contribution >= 0.6 is 0 Å². The molecule has 1 atom stereocenters. The van der Waals surface area contributed by atoms with Gasteiger partial charge in [0.2, 0.25) is 0 Å². The number of benzene rings is 2. The van der Waals surface area contributed by atoms with Crippen molar-refractivity contribution in [3.63, 3.8) is 0 Å². The van der Waals surface area contributed by atoms with Crippen molar-refractivity contribution in [1.29, 1.82) is 0 Å². The van der Waals surface area contributed by atoms with Gasteiger partial charge in [-0.3, -0.25) is 0 Å². The second kappa shape index (κ2) is 11.8. The minimum absolute atomic E-state index is 0.574. The quantitative estimate of drug-likeness (QED) is 0.410. The van der Waals surface area contributed by atoms with Gasteiger partial charge in [0.25, 0.3) is 0 Å². The van der Waals surface area contributed by atoms with Crippen molar-refractivity contribution in [3.8, 4) is 22.6 Å². The highest BCUT2D eigenvalue weighted by Crippen LogP contribution is 2.35. The topological polar surface area (TPSA) is 24.9 Å². The molecule has 0 aromatic heterocycles. The minimum Gasteiger partial charge on any atom is -0.493 e. The van der Waals surface area contributed by atoms with E-state index in [0.717, 1.165) is 56.1 Å². The monoisotopic (exact) mass is 454 g/mol. The zero-order valence-corrected chi connectivity index (χ0v) is 20.3. The molecule has 2 aliphatic heterocycles. The summed E-state index contributed by atoms with van der Waals surface area (Å²) >= 11 is 0. The second-order valence-electron chi connectivity index (χ2n) is 9.50. The normalized spacial score (nSPS) is 19.3. The van der Waals surface area contributed by atoms with E-state index in [1.165, 1.54) is 42.6 Å². The molecule has 33 heavy (non-hydrogen) atoms. The maximum absolute atomic E-state index is 13.3. The van der Waals surface area contributed by atoms with E-state index in [9.17, 15) is 4.39 Å². The molecule has 4 rings (SSSR count). The first-order valence-electron chi connectivity index (χ1n) is 12.7. The smallest absolute Gasteiger partial charge is 0.122 e. The fourth-order valence-electron chi connectivity index (χ4n) is 5.06. The highest BCUT2D eigenvalue weighted by molar-refractivity contribution is 5.74. The predicted octanol–water partition coefficient (Wildman–Crippen LogP) is 5.65. The van der Waals surface area contributed by atoms with E-state index in [0.29, 0.717) is 19.6 Å². The largest absolute Gasteiger partial charge is 0.493 e. The van der Waals surface area contributed by atoms with Gasteiger partial charge in [0.15, 0.2) is 0 Å². The van der Waals surface area contributed by atoms with Gasteiger partial charge < -0.3 is 19.3 Å². The van der Waals surface area contributed by atoms with Gasteiger partial charge in [0, 0.05) is 26.2 Å². The van der Waals surface area contributed by atoms with Gasteiger partial charge >= 0.3 is 0 Å². The Morgan fingerprint density at radius 1 is 0.788 bits per heavy atom. The van der Waals surface area contributed by atoms with Gasteiger partial charge in [-0.25, -0.2) is 4.39 Å². The molecule has 0 saturated carbocycles. The first-order valence-corrected chi connectivity index (χ1v) is 12.7. The second-order valence-corrected chi connectivity index (χ2v) is 9.50. The van der Waals surface area contributed by atoms with E-state index < -0.39 is 6.17 Å². The average molecular weight is 455 g/mol. The van der Waals surface area contributed by atoms with Crippen molar-refractivity contribution in [1.82, 2.24) is 9.80 Å². The zero-order chi connectivity index (χ0) is 23.0. The molecule has 0 bridgehead atoms. The first kappa shape index (κ1) is 24.0. The lowest BCUT2D eigenvalue weighted by atomic mass is 9.95. The first-order chi connectivity index (χ1) is 16.1. The molecule has 0 N–H and O–H groups in total. The van der Waals surface area contributed by atoms with E-state index in [1.54, 1.807) is 0 Å². The number of hydrogen-bond acceptors (Lipinski definition) is 4. The van der Waals surface area contributed by atoms with Gasteiger partial charge in [0.1, 0.15) is 17.7 Å². The maximum atomic E-state index is 13.3. The van der Waals surface area contributed by atoms with E-state index in [2.05, 4.69) is 54.0 Å². The number of alkyl halides is 1. The standard InChI is InChI=1S/C28H39FN2O2/c1-22-25(9-5-11-27(22)32-19-7-16-30-14-3-4-15-30)26-10-6-12-28(23(26)2)33-20-8-17-31-18-13-24(29)21-31/h5-6,9-12,24H,3-4,7-8,13-21H2,1-2H3/t24-/m1/s1. The molecule has 0 radical (unpaired) electrons. The van der Waals surface area contributed by atoms with Gasteiger partial charge in [-0.05, 0) is 93.4 Å². The van der Waals surface area contributed by atoms with Crippen molar-refractivity contribution in [2.45, 2.75) is 52.1 Å². The molecule has 0 amide bonds. The van der Waals surface area contributed by atoms with Gasteiger partial charge in [-0.1, -0.05) is 24.3 Å². The van der Waals surface area contributed by atoms with Gasteiger partial charge in [-0.2, -0.15) is 0 Å². The third-order valence-corrected chi connectivity index (χ3v) is 7.02. The molecule has 0 spiro atoms. The van der Waals surface area contributed by atoms with E-state index in [-0.39, 0.29) is 0 Å². The molecule has 2 aromatic rings. The molecule has 2 aliphatic rings. The van der Waals surface area contributed by atoms with Crippen molar-refractivity contribution >= 4 is 0 Å². The summed E-state index contributed by atoms with van der Waals surface area (Å²) in [5.74, 6) is 1.89. The molecule has 0 unspecified atom stereocenters. The highest BCUT2D eigenvalue weighted by Gasteiger charge is 2.21. The number of ether oxygens (including phenoxy) is 2. The summed E-state index contributed by atoms with van der Waals surface area (Å²) in [5.41, 5.74) is 4.71. The molecule has 2 saturated heterocycles. The lowest BCUT2D eigenvalue weighted by Gasteiger charge is -2.18. The third kappa shape index (κ3) is 6.48. The number of halogens is 1. The molecule has 0 aliphatic carbocycles. The molecule has 2 aromatic carbocycles.